The molecule has 0 saturated carbocycles. The molecule has 0 N–H and O–H groups in total. The fourth-order valence-corrected chi connectivity index (χ4v) is 6.04. The molecule has 0 atom stereocenters. The van der Waals surface area contributed by atoms with E-state index in [1.165, 1.54) is 5.56 Å². The van der Waals surface area contributed by atoms with Crippen LogP contribution in [-0.2, 0) is 16.3 Å². The summed E-state index contributed by atoms with van der Waals surface area (Å²) in [5, 5.41) is 0.00103. The second-order valence-corrected chi connectivity index (χ2v) is 11.2. The lowest BCUT2D eigenvalue weighted by Gasteiger charge is -2.32. The quantitative estimate of drug-likeness (QED) is 0.322. The van der Waals surface area contributed by atoms with Crippen molar-refractivity contribution in [3.63, 3.8) is 0 Å². The van der Waals surface area contributed by atoms with E-state index in [9.17, 15) is 8.42 Å². The summed E-state index contributed by atoms with van der Waals surface area (Å²) in [6.07, 6.45) is 2.98. The van der Waals surface area contributed by atoms with Gasteiger partial charge in [-0.1, -0.05) is 66.2 Å². The summed E-state index contributed by atoms with van der Waals surface area (Å²) in [6, 6.07) is 25.2. The van der Waals surface area contributed by atoms with E-state index in [1.807, 2.05) is 56.3 Å². The van der Waals surface area contributed by atoms with Crippen molar-refractivity contribution in [3.8, 4) is 11.5 Å². The van der Waals surface area contributed by atoms with Crippen LogP contribution in [0.2, 0.25) is 0 Å². The van der Waals surface area contributed by atoms with Crippen molar-refractivity contribution >= 4 is 15.7 Å². The van der Waals surface area contributed by atoms with Crippen LogP contribution < -0.4 is 4.90 Å². The molecule has 0 bridgehead atoms. The molecule has 0 unspecified atom stereocenters. The fourth-order valence-electron chi connectivity index (χ4n) is 4.72. The van der Waals surface area contributed by atoms with Crippen molar-refractivity contribution in [2.75, 3.05) is 18.0 Å². The number of rotatable bonds is 6. The number of oxazole rings is 1. The number of piperidine rings is 1. The summed E-state index contributed by atoms with van der Waals surface area (Å²) in [7, 11) is -3.84. The van der Waals surface area contributed by atoms with Crippen LogP contribution in [0.15, 0.2) is 93.2 Å². The Labute approximate surface area is 207 Å². The topological polar surface area (TPSA) is 63.4 Å². The Morgan fingerprint density at radius 3 is 2.23 bits per heavy atom. The lowest BCUT2D eigenvalue weighted by molar-refractivity contribution is 0.387. The Balaban J connectivity index is 1.48. The zero-order valence-corrected chi connectivity index (χ0v) is 21.0. The van der Waals surface area contributed by atoms with Gasteiger partial charge in [0.1, 0.15) is 0 Å². The first kappa shape index (κ1) is 23.4. The Morgan fingerprint density at radius 1 is 0.886 bits per heavy atom. The van der Waals surface area contributed by atoms with E-state index < -0.39 is 9.84 Å². The van der Waals surface area contributed by atoms with Crippen molar-refractivity contribution in [3.05, 3.63) is 95.6 Å². The molecule has 5 rings (SSSR count). The van der Waals surface area contributed by atoms with Gasteiger partial charge in [-0.3, -0.25) is 0 Å². The minimum atomic E-state index is -3.84. The molecule has 4 aromatic rings. The van der Waals surface area contributed by atoms with Gasteiger partial charge >= 0.3 is 0 Å². The molecular formula is C29H30N2O3S. The van der Waals surface area contributed by atoms with Gasteiger partial charge < -0.3 is 9.32 Å². The summed E-state index contributed by atoms with van der Waals surface area (Å²) < 4.78 is 33.6. The molecule has 6 heteroatoms. The van der Waals surface area contributed by atoms with E-state index in [1.54, 1.807) is 12.1 Å². The van der Waals surface area contributed by atoms with Gasteiger partial charge in [0.15, 0.2) is 0 Å². The van der Waals surface area contributed by atoms with Crippen LogP contribution in [0, 0.1) is 19.8 Å². The third-order valence-corrected chi connectivity index (χ3v) is 8.48. The zero-order chi connectivity index (χ0) is 24.4. The second kappa shape index (κ2) is 9.70. The van der Waals surface area contributed by atoms with Crippen LogP contribution in [0.25, 0.3) is 11.5 Å². The van der Waals surface area contributed by atoms with Gasteiger partial charge in [0.2, 0.25) is 26.6 Å². The molecule has 1 aliphatic rings. The highest BCUT2D eigenvalue weighted by Crippen LogP contribution is 2.37. The average molecular weight is 487 g/mol. The number of hydrogen-bond donors (Lipinski definition) is 0. The average Bonchev–Trinajstić information content (AvgIpc) is 3.32. The lowest BCUT2D eigenvalue weighted by atomic mass is 9.90. The number of anilines is 1. The number of aryl methyl sites for hydroxylation is 2. The monoisotopic (exact) mass is 486 g/mol. The summed E-state index contributed by atoms with van der Waals surface area (Å²) >= 11 is 0. The molecule has 3 aromatic carbocycles. The Bertz CT molecular complexity index is 1400. The van der Waals surface area contributed by atoms with E-state index >= 15 is 0 Å². The number of aromatic nitrogens is 1. The van der Waals surface area contributed by atoms with E-state index in [4.69, 9.17) is 4.42 Å². The van der Waals surface area contributed by atoms with Crippen LogP contribution in [-0.4, -0.2) is 26.5 Å². The summed E-state index contributed by atoms with van der Waals surface area (Å²) in [5.74, 6) is 1.25. The van der Waals surface area contributed by atoms with Crippen LogP contribution in [0.1, 0.15) is 29.5 Å². The maximum Gasteiger partial charge on any atom is 0.236 e. The number of sulfone groups is 1. The van der Waals surface area contributed by atoms with E-state index in [0.29, 0.717) is 17.7 Å². The van der Waals surface area contributed by atoms with Crippen molar-refractivity contribution in [2.45, 2.75) is 43.0 Å². The molecule has 0 amide bonds. The van der Waals surface area contributed by atoms with Gasteiger partial charge in [-0.05, 0) is 68.4 Å². The molecule has 35 heavy (non-hydrogen) atoms. The van der Waals surface area contributed by atoms with E-state index in [-0.39, 0.29) is 9.92 Å². The largest absolute Gasteiger partial charge is 0.419 e. The predicted molar refractivity (Wildman–Crippen MR) is 138 cm³/mol. The minimum Gasteiger partial charge on any atom is -0.419 e. The van der Waals surface area contributed by atoms with Crippen molar-refractivity contribution in [1.29, 1.82) is 0 Å². The highest BCUT2D eigenvalue weighted by molar-refractivity contribution is 7.91. The lowest BCUT2D eigenvalue weighted by Crippen LogP contribution is -2.34. The van der Waals surface area contributed by atoms with E-state index in [2.05, 4.69) is 34.1 Å². The van der Waals surface area contributed by atoms with Crippen molar-refractivity contribution < 1.29 is 12.8 Å². The Hall–Kier alpha value is -3.38. The second-order valence-electron chi connectivity index (χ2n) is 9.38. The minimum absolute atomic E-state index is 0.00103. The molecular weight excluding hydrogens is 456 g/mol. The normalized spacial score (nSPS) is 14.9. The van der Waals surface area contributed by atoms with Gasteiger partial charge in [0, 0.05) is 18.7 Å². The molecule has 2 heterocycles. The first-order valence-electron chi connectivity index (χ1n) is 12.1. The summed E-state index contributed by atoms with van der Waals surface area (Å²) in [4.78, 5) is 6.86. The van der Waals surface area contributed by atoms with E-state index in [0.717, 1.165) is 49.0 Å². The third kappa shape index (κ3) is 4.89. The number of nitrogens with zero attached hydrogens (tertiary/aromatic N) is 2. The first-order chi connectivity index (χ1) is 16.9. The standard InChI is InChI=1S/C29H30N2O3S/c1-21-12-14-25(15-13-21)35(32,33)28-29(34-27(30-28)26-11-7-6-8-22(26)2)31-18-16-24(17-19-31)20-23-9-4-3-5-10-23/h3-15,24H,16-20H2,1-2H3. The third-order valence-electron chi connectivity index (χ3n) is 6.81. The molecule has 0 aliphatic carbocycles. The van der Waals surface area contributed by atoms with Gasteiger partial charge in [0.05, 0.1) is 4.90 Å². The molecule has 1 saturated heterocycles. The highest BCUT2D eigenvalue weighted by Gasteiger charge is 2.33. The summed E-state index contributed by atoms with van der Waals surface area (Å²) in [6.45, 7) is 5.38. The SMILES string of the molecule is Cc1ccc(S(=O)(=O)c2nc(-c3ccccc3C)oc2N2CCC(Cc3ccccc3)CC2)cc1. The van der Waals surface area contributed by atoms with Gasteiger partial charge in [-0.15, -0.1) is 0 Å². The maximum absolute atomic E-state index is 13.7. The molecule has 180 valence electrons. The molecule has 1 aliphatic heterocycles. The van der Waals surface area contributed by atoms with Crippen LogP contribution in [0.5, 0.6) is 0 Å². The van der Waals surface area contributed by atoms with Crippen molar-refractivity contribution in [1.82, 2.24) is 4.98 Å². The molecule has 5 nitrogen and oxygen atoms in total. The fraction of sp³-hybridized carbons (Fsp3) is 0.276. The van der Waals surface area contributed by atoms with Gasteiger partial charge in [0.25, 0.3) is 0 Å². The smallest absolute Gasteiger partial charge is 0.236 e. The Morgan fingerprint density at radius 2 is 1.54 bits per heavy atom. The van der Waals surface area contributed by atoms with Crippen LogP contribution in [0.3, 0.4) is 0 Å². The van der Waals surface area contributed by atoms with Gasteiger partial charge in [-0.25, -0.2) is 8.42 Å². The molecule has 1 aromatic heterocycles. The predicted octanol–water partition coefficient (Wildman–Crippen LogP) is 6.25. The molecule has 1 fully saturated rings. The summed E-state index contributed by atoms with van der Waals surface area (Å²) in [5.41, 5.74) is 4.14. The Kier molecular flexibility index (Phi) is 6.48. The number of benzene rings is 3. The van der Waals surface area contributed by atoms with Crippen molar-refractivity contribution in [2.24, 2.45) is 5.92 Å². The van der Waals surface area contributed by atoms with Crippen LogP contribution in [0.4, 0.5) is 5.88 Å². The number of hydrogen-bond acceptors (Lipinski definition) is 5. The highest BCUT2D eigenvalue weighted by atomic mass is 32.2. The molecule has 0 radical (unpaired) electrons. The van der Waals surface area contributed by atoms with Crippen LogP contribution >= 0.6 is 0 Å². The first-order valence-corrected chi connectivity index (χ1v) is 13.6. The maximum atomic E-state index is 13.7. The van der Waals surface area contributed by atoms with Gasteiger partial charge in [-0.2, -0.15) is 4.98 Å². The zero-order valence-electron chi connectivity index (χ0n) is 20.1. The molecule has 0 spiro atoms.